The molecule has 6 nitrogen and oxygen atoms in total. The third-order valence-electron chi connectivity index (χ3n) is 0.920. The van der Waals surface area contributed by atoms with Gasteiger partial charge in [-0.3, -0.25) is 4.79 Å². The van der Waals surface area contributed by atoms with Crippen LogP contribution in [0.5, 0.6) is 0 Å². The minimum absolute atomic E-state index is 0.0633. The second-order valence-electron chi connectivity index (χ2n) is 1.96. The van der Waals surface area contributed by atoms with Gasteiger partial charge >= 0.3 is 12.1 Å². The van der Waals surface area contributed by atoms with Gasteiger partial charge in [-0.15, -0.1) is 0 Å². The summed E-state index contributed by atoms with van der Waals surface area (Å²) in [4.78, 5) is 20.5. The van der Waals surface area contributed by atoms with Crippen LogP contribution in [0.1, 0.15) is 6.42 Å². The zero-order valence-electron chi connectivity index (χ0n) is 6.45. The number of amides is 1. The number of aliphatic hydroxyl groups excluding tert-OH is 1. The van der Waals surface area contributed by atoms with Crippen LogP contribution in [0.2, 0.25) is 0 Å². The molecule has 0 spiro atoms. The van der Waals surface area contributed by atoms with Crippen molar-refractivity contribution in [2.45, 2.75) is 6.42 Å². The average molecular weight is 177 g/mol. The Morgan fingerprint density at radius 1 is 1.42 bits per heavy atom. The first-order valence-electron chi connectivity index (χ1n) is 3.40. The molecular formula is C6H11NO5. The number of ether oxygens (including phenoxy) is 1. The predicted molar refractivity (Wildman–Crippen MR) is 38.7 cm³/mol. The maximum Gasteiger partial charge on any atom is 0.407 e. The zero-order chi connectivity index (χ0) is 9.40. The van der Waals surface area contributed by atoms with E-state index in [2.05, 4.69) is 4.74 Å². The van der Waals surface area contributed by atoms with Crippen LogP contribution >= 0.6 is 0 Å². The minimum Gasteiger partial charge on any atom is -0.480 e. The van der Waals surface area contributed by atoms with E-state index in [9.17, 15) is 9.59 Å². The van der Waals surface area contributed by atoms with Gasteiger partial charge in [0.05, 0.1) is 6.61 Å². The van der Waals surface area contributed by atoms with E-state index in [1.807, 2.05) is 5.32 Å². The molecule has 0 aromatic rings. The summed E-state index contributed by atoms with van der Waals surface area (Å²) in [6, 6.07) is 0. The van der Waals surface area contributed by atoms with Crippen LogP contribution in [0.25, 0.3) is 0 Å². The number of rotatable bonds is 5. The van der Waals surface area contributed by atoms with Gasteiger partial charge in [-0.1, -0.05) is 0 Å². The summed E-state index contributed by atoms with van der Waals surface area (Å²) in [6.45, 7) is -0.438. The van der Waals surface area contributed by atoms with Gasteiger partial charge in [-0.05, 0) is 0 Å². The van der Waals surface area contributed by atoms with E-state index in [-0.39, 0.29) is 13.2 Å². The number of nitrogens with one attached hydrogen (secondary N) is 1. The lowest BCUT2D eigenvalue weighted by Crippen LogP contribution is -2.30. The molecule has 0 fully saturated rings. The molecule has 6 heteroatoms. The van der Waals surface area contributed by atoms with Gasteiger partial charge in [0.1, 0.15) is 6.54 Å². The average Bonchev–Trinajstić information content (AvgIpc) is 2.01. The number of carboxylic acids is 1. The number of hydrogen-bond donors (Lipinski definition) is 3. The lowest BCUT2D eigenvalue weighted by atomic mass is 10.5. The molecule has 70 valence electrons. The highest BCUT2D eigenvalue weighted by molar-refractivity contribution is 5.76. The van der Waals surface area contributed by atoms with Crippen molar-refractivity contribution >= 4 is 12.1 Å². The number of aliphatic hydroxyl groups is 1. The molecule has 0 radical (unpaired) electrons. The summed E-state index contributed by atoms with van der Waals surface area (Å²) >= 11 is 0. The number of carboxylic acid groups (broad SMARTS) is 1. The van der Waals surface area contributed by atoms with Crippen molar-refractivity contribution in [3.63, 3.8) is 0 Å². The molecule has 0 aliphatic rings. The molecule has 0 bridgehead atoms. The Kier molecular flexibility index (Phi) is 5.72. The Labute approximate surface area is 69.1 Å². The SMILES string of the molecule is O=C(O)CNC(=O)OCCCO. The molecule has 0 aromatic heterocycles. The number of aliphatic carboxylic acids is 1. The third-order valence-corrected chi connectivity index (χ3v) is 0.920. The summed E-state index contributed by atoms with van der Waals surface area (Å²) in [5.74, 6) is -1.13. The standard InChI is InChI=1S/C6H11NO5/c8-2-1-3-12-6(11)7-4-5(9)10/h8H,1-4H2,(H,7,11)(H,9,10). The number of hydrogen-bond acceptors (Lipinski definition) is 4. The zero-order valence-corrected chi connectivity index (χ0v) is 6.45. The van der Waals surface area contributed by atoms with E-state index < -0.39 is 18.6 Å². The summed E-state index contributed by atoms with van der Waals surface area (Å²) in [5, 5.41) is 18.4. The normalized spacial score (nSPS) is 9.08. The molecule has 0 aliphatic carbocycles. The third kappa shape index (κ3) is 6.81. The monoisotopic (exact) mass is 177 g/mol. The largest absolute Gasteiger partial charge is 0.480 e. The molecule has 0 aliphatic heterocycles. The van der Waals surface area contributed by atoms with Gasteiger partial charge < -0.3 is 20.3 Å². The van der Waals surface area contributed by atoms with Gasteiger partial charge in [-0.25, -0.2) is 4.79 Å². The molecule has 0 saturated heterocycles. The molecule has 0 rings (SSSR count). The fourth-order valence-electron chi connectivity index (χ4n) is 0.428. The lowest BCUT2D eigenvalue weighted by Gasteiger charge is -2.02. The lowest BCUT2D eigenvalue weighted by molar-refractivity contribution is -0.135. The molecule has 12 heavy (non-hydrogen) atoms. The Bertz CT molecular complexity index is 158. The quantitative estimate of drug-likeness (QED) is 0.477. The van der Waals surface area contributed by atoms with E-state index in [0.717, 1.165) is 0 Å². The van der Waals surface area contributed by atoms with E-state index in [0.29, 0.717) is 6.42 Å². The van der Waals surface area contributed by atoms with Crippen LogP contribution < -0.4 is 5.32 Å². The minimum atomic E-state index is -1.13. The summed E-state index contributed by atoms with van der Waals surface area (Å²) in [5.41, 5.74) is 0. The van der Waals surface area contributed by atoms with E-state index in [4.69, 9.17) is 10.2 Å². The van der Waals surface area contributed by atoms with Gasteiger partial charge in [-0.2, -0.15) is 0 Å². The molecule has 0 saturated carbocycles. The van der Waals surface area contributed by atoms with Gasteiger partial charge in [0, 0.05) is 13.0 Å². The Hall–Kier alpha value is -1.30. The van der Waals surface area contributed by atoms with Crippen LogP contribution in [0.4, 0.5) is 4.79 Å². The van der Waals surface area contributed by atoms with Gasteiger partial charge in [0.2, 0.25) is 0 Å². The van der Waals surface area contributed by atoms with Crippen molar-refractivity contribution in [1.29, 1.82) is 0 Å². The second kappa shape index (κ2) is 6.41. The molecule has 1 amide bonds. The van der Waals surface area contributed by atoms with Crippen LogP contribution in [0, 0.1) is 0 Å². The maximum absolute atomic E-state index is 10.5. The van der Waals surface area contributed by atoms with E-state index in [1.165, 1.54) is 0 Å². The van der Waals surface area contributed by atoms with Crippen molar-refractivity contribution in [2.24, 2.45) is 0 Å². The molecule has 0 heterocycles. The first kappa shape index (κ1) is 10.7. The topological polar surface area (TPSA) is 95.9 Å². The number of carbonyl (C=O) groups excluding carboxylic acids is 1. The van der Waals surface area contributed by atoms with E-state index in [1.54, 1.807) is 0 Å². The highest BCUT2D eigenvalue weighted by Crippen LogP contribution is 1.81. The fraction of sp³-hybridized carbons (Fsp3) is 0.667. The van der Waals surface area contributed by atoms with Gasteiger partial charge in [0.15, 0.2) is 0 Å². The Morgan fingerprint density at radius 3 is 2.58 bits per heavy atom. The van der Waals surface area contributed by atoms with Crippen molar-refractivity contribution in [3.8, 4) is 0 Å². The highest BCUT2D eigenvalue weighted by atomic mass is 16.5. The van der Waals surface area contributed by atoms with Crippen LogP contribution in [-0.4, -0.2) is 42.0 Å². The van der Waals surface area contributed by atoms with Crippen molar-refractivity contribution in [3.05, 3.63) is 0 Å². The molecule has 0 atom stereocenters. The van der Waals surface area contributed by atoms with E-state index >= 15 is 0 Å². The Balaban J connectivity index is 3.28. The van der Waals surface area contributed by atoms with Crippen molar-refractivity contribution in [1.82, 2.24) is 5.32 Å². The predicted octanol–water partition coefficient (Wildman–Crippen LogP) is -0.820. The smallest absolute Gasteiger partial charge is 0.407 e. The molecule has 3 N–H and O–H groups in total. The Morgan fingerprint density at radius 2 is 2.08 bits per heavy atom. The van der Waals surface area contributed by atoms with Crippen molar-refractivity contribution < 1.29 is 24.5 Å². The second-order valence-corrected chi connectivity index (χ2v) is 1.96. The van der Waals surface area contributed by atoms with Crippen LogP contribution in [-0.2, 0) is 9.53 Å². The molecule has 0 aromatic carbocycles. The number of alkyl carbamates (subject to hydrolysis) is 1. The molecular weight excluding hydrogens is 166 g/mol. The van der Waals surface area contributed by atoms with Crippen LogP contribution in [0.3, 0.4) is 0 Å². The first-order chi connectivity index (χ1) is 5.66. The number of carbonyl (C=O) groups is 2. The summed E-state index contributed by atoms with van der Waals surface area (Å²) in [7, 11) is 0. The van der Waals surface area contributed by atoms with Crippen molar-refractivity contribution in [2.75, 3.05) is 19.8 Å². The van der Waals surface area contributed by atoms with Crippen LogP contribution in [0.15, 0.2) is 0 Å². The summed E-state index contributed by atoms with van der Waals surface area (Å²) in [6.07, 6.45) is -0.439. The van der Waals surface area contributed by atoms with Gasteiger partial charge in [0.25, 0.3) is 0 Å². The molecule has 0 unspecified atom stereocenters. The first-order valence-corrected chi connectivity index (χ1v) is 3.40. The maximum atomic E-state index is 10.5. The summed E-state index contributed by atoms with van der Waals surface area (Å²) < 4.78 is 4.46. The fourth-order valence-corrected chi connectivity index (χ4v) is 0.428. The highest BCUT2D eigenvalue weighted by Gasteiger charge is 2.02.